The maximum atomic E-state index is 13.3. The van der Waals surface area contributed by atoms with Crippen molar-refractivity contribution >= 4 is 41.2 Å². The lowest BCUT2D eigenvalue weighted by molar-refractivity contribution is -0.144. The van der Waals surface area contributed by atoms with Crippen molar-refractivity contribution in [2.45, 2.75) is 32.3 Å². The molecule has 1 fully saturated rings. The first-order valence-corrected chi connectivity index (χ1v) is 13.1. The van der Waals surface area contributed by atoms with Gasteiger partial charge in [0.15, 0.2) is 23.0 Å². The van der Waals surface area contributed by atoms with E-state index in [0.29, 0.717) is 35.0 Å². The standard InChI is InChI=1S/C27H30O8.CH2Cl2/c1-7-34-26(28)20-9-15-10-21(30-3)22(31-4)11-16(15)17-12-23(32-5)24(33-6)13-18(17)25(20)19-8-14(2)35-27(19)29;2-1-3/h9-14,19,25H,7-8H2,1-6H3;1H2/t14-,19+,25+;/m0./s1. The number of halogens is 2. The van der Waals surface area contributed by atoms with Crippen LogP contribution in [-0.2, 0) is 19.1 Å². The normalized spacial score (nSPS) is 19.4. The number of esters is 2. The van der Waals surface area contributed by atoms with E-state index in [-0.39, 0.29) is 24.0 Å². The number of methoxy groups -OCH3 is 4. The molecule has 1 aliphatic carbocycles. The Bertz CT molecular complexity index is 1210. The van der Waals surface area contributed by atoms with Crippen molar-refractivity contribution in [1.29, 1.82) is 0 Å². The number of rotatable bonds is 7. The first-order chi connectivity index (χ1) is 18.3. The summed E-state index contributed by atoms with van der Waals surface area (Å²) >= 11 is 9.53. The van der Waals surface area contributed by atoms with Crippen molar-refractivity contribution in [2.75, 3.05) is 40.4 Å². The van der Waals surface area contributed by atoms with Crippen LogP contribution >= 0.6 is 23.2 Å². The molecule has 38 heavy (non-hydrogen) atoms. The van der Waals surface area contributed by atoms with Gasteiger partial charge in [-0.3, -0.25) is 4.79 Å². The summed E-state index contributed by atoms with van der Waals surface area (Å²) in [5, 5.41) is 0.194. The highest BCUT2D eigenvalue weighted by Gasteiger charge is 2.44. The summed E-state index contributed by atoms with van der Waals surface area (Å²) in [6.45, 7) is 3.80. The molecule has 4 rings (SSSR count). The number of ether oxygens (including phenoxy) is 6. The number of cyclic esters (lactones) is 1. The monoisotopic (exact) mass is 566 g/mol. The number of carbonyl (C=O) groups is 2. The van der Waals surface area contributed by atoms with Gasteiger partial charge in [0.2, 0.25) is 0 Å². The summed E-state index contributed by atoms with van der Waals surface area (Å²) in [5.74, 6) is 0.0232. The molecule has 2 aromatic rings. The van der Waals surface area contributed by atoms with E-state index in [1.807, 2.05) is 31.2 Å². The SMILES string of the molecule is CCOC(=O)C1=Cc2cc(OC)c(OC)cc2-c2cc(OC)c(OC)cc2[C@@H]1[C@H]1C[C@H](C)OC1=O.ClCCl. The predicted octanol–water partition coefficient (Wildman–Crippen LogP) is 5.80. The fourth-order valence-corrected chi connectivity index (χ4v) is 4.95. The highest BCUT2D eigenvalue weighted by Crippen LogP contribution is 2.51. The molecule has 2 aromatic carbocycles. The zero-order chi connectivity index (χ0) is 28.0. The molecule has 1 aliphatic heterocycles. The Morgan fingerprint density at radius 1 is 0.921 bits per heavy atom. The summed E-state index contributed by atoms with van der Waals surface area (Å²) in [4.78, 5) is 26.3. The van der Waals surface area contributed by atoms with Gasteiger partial charge in [0.1, 0.15) is 0 Å². The van der Waals surface area contributed by atoms with Gasteiger partial charge in [-0.25, -0.2) is 4.79 Å². The molecular formula is C28H32Cl2O8. The molecule has 1 heterocycles. The fourth-order valence-electron chi connectivity index (χ4n) is 4.95. The number of hydrogen-bond acceptors (Lipinski definition) is 8. The third kappa shape index (κ3) is 5.81. The first kappa shape index (κ1) is 29.5. The third-order valence-corrected chi connectivity index (χ3v) is 6.50. The second-order valence-electron chi connectivity index (χ2n) is 8.58. The summed E-state index contributed by atoms with van der Waals surface area (Å²) in [7, 11) is 6.23. The molecule has 10 heteroatoms. The number of fused-ring (bicyclic) bond motifs is 3. The van der Waals surface area contributed by atoms with Crippen molar-refractivity contribution in [3.05, 3.63) is 41.0 Å². The molecule has 0 unspecified atom stereocenters. The largest absolute Gasteiger partial charge is 0.493 e. The van der Waals surface area contributed by atoms with E-state index in [1.54, 1.807) is 41.4 Å². The Morgan fingerprint density at radius 3 is 1.95 bits per heavy atom. The van der Waals surface area contributed by atoms with Gasteiger partial charge in [-0.15, -0.1) is 23.2 Å². The third-order valence-electron chi connectivity index (χ3n) is 6.50. The molecule has 206 valence electrons. The van der Waals surface area contributed by atoms with E-state index < -0.39 is 17.8 Å². The van der Waals surface area contributed by atoms with Crippen molar-refractivity contribution in [2.24, 2.45) is 5.92 Å². The average Bonchev–Trinajstić information content (AvgIpc) is 3.17. The van der Waals surface area contributed by atoms with Crippen LogP contribution in [0.3, 0.4) is 0 Å². The van der Waals surface area contributed by atoms with E-state index in [2.05, 4.69) is 0 Å². The Morgan fingerprint density at radius 2 is 1.45 bits per heavy atom. The Balaban J connectivity index is 0.00000127. The molecule has 3 atom stereocenters. The van der Waals surface area contributed by atoms with Crippen molar-refractivity contribution < 1.29 is 38.0 Å². The van der Waals surface area contributed by atoms with Crippen LogP contribution in [0.4, 0.5) is 0 Å². The minimum absolute atomic E-state index is 0.194. The Kier molecular flexibility index (Phi) is 10.2. The molecule has 0 spiro atoms. The lowest BCUT2D eigenvalue weighted by Crippen LogP contribution is -2.24. The van der Waals surface area contributed by atoms with Gasteiger partial charge in [0.05, 0.1) is 52.4 Å². The molecule has 0 N–H and O–H groups in total. The highest BCUT2D eigenvalue weighted by atomic mass is 35.5. The van der Waals surface area contributed by atoms with Crippen LogP contribution in [0.2, 0.25) is 0 Å². The minimum Gasteiger partial charge on any atom is -0.493 e. The van der Waals surface area contributed by atoms with E-state index in [1.165, 1.54) is 0 Å². The van der Waals surface area contributed by atoms with Gasteiger partial charge in [-0.05, 0) is 72.9 Å². The zero-order valence-corrected chi connectivity index (χ0v) is 23.8. The first-order valence-electron chi connectivity index (χ1n) is 12.0. The summed E-state index contributed by atoms with van der Waals surface area (Å²) in [5.41, 5.74) is 3.40. The van der Waals surface area contributed by atoms with E-state index in [4.69, 9.17) is 51.6 Å². The smallest absolute Gasteiger partial charge is 0.334 e. The van der Waals surface area contributed by atoms with Crippen molar-refractivity contribution in [1.82, 2.24) is 0 Å². The number of hydrogen-bond donors (Lipinski definition) is 0. The van der Waals surface area contributed by atoms with Gasteiger partial charge >= 0.3 is 11.9 Å². The molecule has 0 aromatic heterocycles. The van der Waals surface area contributed by atoms with Gasteiger partial charge in [0, 0.05) is 11.5 Å². The topological polar surface area (TPSA) is 89.5 Å². The molecule has 0 amide bonds. The average molecular weight is 567 g/mol. The summed E-state index contributed by atoms with van der Waals surface area (Å²) in [6, 6.07) is 7.35. The van der Waals surface area contributed by atoms with E-state index in [9.17, 15) is 9.59 Å². The highest BCUT2D eigenvalue weighted by molar-refractivity contribution is 6.40. The fraction of sp³-hybridized carbons (Fsp3) is 0.429. The minimum atomic E-state index is -0.620. The number of carbonyl (C=O) groups excluding carboxylic acids is 2. The van der Waals surface area contributed by atoms with Crippen LogP contribution in [0.5, 0.6) is 23.0 Å². The molecule has 0 radical (unpaired) electrons. The summed E-state index contributed by atoms with van der Waals surface area (Å²) in [6.07, 6.45) is 1.98. The molecule has 2 aliphatic rings. The van der Waals surface area contributed by atoms with Crippen LogP contribution in [-0.4, -0.2) is 58.4 Å². The van der Waals surface area contributed by atoms with Crippen LogP contribution < -0.4 is 18.9 Å². The lowest BCUT2D eigenvalue weighted by atomic mass is 9.77. The molecule has 0 bridgehead atoms. The van der Waals surface area contributed by atoms with Gasteiger partial charge in [-0.2, -0.15) is 0 Å². The van der Waals surface area contributed by atoms with Crippen LogP contribution in [0, 0.1) is 5.92 Å². The molecule has 1 saturated heterocycles. The quantitative estimate of drug-likeness (QED) is 0.306. The summed E-state index contributed by atoms with van der Waals surface area (Å²) < 4.78 is 33.2. The number of alkyl halides is 2. The maximum Gasteiger partial charge on any atom is 0.334 e. The van der Waals surface area contributed by atoms with E-state index in [0.717, 1.165) is 22.3 Å². The zero-order valence-electron chi connectivity index (χ0n) is 22.3. The van der Waals surface area contributed by atoms with Crippen molar-refractivity contribution in [3.63, 3.8) is 0 Å². The second kappa shape index (κ2) is 13.1. The molecule has 8 nitrogen and oxygen atoms in total. The van der Waals surface area contributed by atoms with E-state index >= 15 is 0 Å². The van der Waals surface area contributed by atoms with Crippen LogP contribution in [0.1, 0.15) is 37.3 Å². The molecular weight excluding hydrogens is 535 g/mol. The number of benzene rings is 2. The van der Waals surface area contributed by atoms with Crippen LogP contribution in [0.25, 0.3) is 17.2 Å². The maximum absolute atomic E-state index is 13.3. The Labute approximate surface area is 232 Å². The van der Waals surface area contributed by atoms with Gasteiger partial charge in [0.25, 0.3) is 0 Å². The van der Waals surface area contributed by atoms with Crippen molar-refractivity contribution in [3.8, 4) is 34.1 Å². The Hall–Kier alpha value is -3.10. The van der Waals surface area contributed by atoms with Crippen LogP contribution in [0.15, 0.2) is 29.8 Å². The lowest BCUT2D eigenvalue weighted by Gasteiger charge is -2.25. The molecule has 0 saturated carbocycles. The predicted molar refractivity (Wildman–Crippen MR) is 146 cm³/mol. The van der Waals surface area contributed by atoms with Gasteiger partial charge in [-0.1, -0.05) is 0 Å². The van der Waals surface area contributed by atoms with Gasteiger partial charge < -0.3 is 28.4 Å². The second-order valence-corrected chi connectivity index (χ2v) is 9.39.